The van der Waals surface area contributed by atoms with Crippen molar-refractivity contribution in [2.24, 2.45) is 5.92 Å². The third kappa shape index (κ3) is 6.70. The Morgan fingerprint density at radius 2 is 1.55 bits per heavy atom. The van der Waals surface area contributed by atoms with Gasteiger partial charge >= 0.3 is 0 Å². The van der Waals surface area contributed by atoms with Crippen LogP contribution in [-0.4, -0.2) is 44.9 Å². The Morgan fingerprint density at radius 3 is 2.13 bits per heavy atom. The van der Waals surface area contributed by atoms with Crippen LogP contribution in [0.2, 0.25) is 0 Å². The van der Waals surface area contributed by atoms with E-state index in [0.29, 0.717) is 37.1 Å². The van der Waals surface area contributed by atoms with Crippen molar-refractivity contribution in [3.8, 4) is 11.5 Å². The van der Waals surface area contributed by atoms with Crippen molar-refractivity contribution in [3.63, 3.8) is 0 Å². The predicted octanol–water partition coefficient (Wildman–Crippen LogP) is 3.91. The lowest BCUT2D eigenvalue weighted by atomic mass is 10.1. The van der Waals surface area contributed by atoms with Gasteiger partial charge in [0, 0.05) is 18.8 Å². The molecule has 0 radical (unpaired) electrons. The quantitative estimate of drug-likeness (QED) is 0.598. The monoisotopic (exact) mass is 446 g/mol. The molecule has 1 fully saturated rings. The molecule has 0 spiro atoms. The minimum atomic E-state index is -3.46. The van der Waals surface area contributed by atoms with Gasteiger partial charge in [-0.1, -0.05) is 13.8 Å². The molecule has 2 aromatic carbocycles. The van der Waals surface area contributed by atoms with Gasteiger partial charge in [-0.15, -0.1) is 0 Å². The number of rotatable bonds is 10. The fourth-order valence-electron chi connectivity index (χ4n) is 3.18. The van der Waals surface area contributed by atoms with E-state index in [9.17, 15) is 13.2 Å². The van der Waals surface area contributed by atoms with Crippen molar-refractivity contribution in [3.05, 3.63) is 48.5 Å². The number of sulfonamides is 1. The number of nitrogens with zero attached hydrogens (tertiary/aromatic N) is 1. The molecule has 0 atom stereocenters. The van der Waals surface area contributed by atoms with Gasteiger partial charge in [0.15, 0.2) is 6.61 Å². The fraction of sp³-hybridized carbons (Fsp3) is 0.435. The van der Waals surface area contributed by atoms with E-state index in [2.05, 4.69) is 19.2 Å². The summed E-state index contributed by atoms with van der Waals surface area (Å²) in [6.07, 6.45) is 2.77. The molecule has 0 aromatic heterocycles. The van der Waals surface area contributed by atoms with Crippen LogP contribution in [0, 0.1) is 5.92 Å². The standard InChI is InChI=1S/C23H30N2O5S/c1-18(2)13-16-29-20-7-9-21(10-8-20)30-17-23(26)24-19-5-11-22(12-6-19)31(27,28)25-14-3-4-15-25/h5-12,18H,3-4,13-17H2,1-2H3,(H,24,26). The summed E-state index contributed by atoms with van der Waals surface area (Å²) in [5.74, 6) is 1.60. The molecular formula is C23H30N2O5S. The van der Waals surface area contributed by atoms with E-state index >= 15 is 0 Å². The number of hydrogen-bond donors (Lipinski definition) is 1. The first kappa shape index (κ1) is 23.1. The Balaban J connectivity index is 1.46. The number of amides is 1. The molecule has 0 saturated carbocycles. The molecule has 7 nitrogen and oxygen atoms in total. The SMILES string of the molecule is CC(C)CCOc1ccc(OCC(=O)Nc2ccc(S(=O)(=O)N3CCCC3)cc2)cc1. The smallest absolute Gasteiger partial charge is 0.262 e. The molecule has 2 aromatic rings. The van der Waals surface area contributed by atoms with E-state index in [-0.39, 0.29) is 17.4 Å². The first-order chi connectivity index (χ1) is 14.8. The van der Waals surface area contributed by atoms with Gasteiger partial charge in [0.05, 0.1) is 11.5 Å². The zero-order chi connectivity index (χ0) is 22.3. The minimum Gasteiger partial charge on any atom is -0.494 e. The zero-order valence-corrected chi connectivity index (χ0v) is 18.9. The van der Waals surface area contributed by atoms with E-state index in [0.717, 1.165) is 25.0 Å². The molecule has 0 bridgehead atoms. The summed E-state index contributed by atoms with van der Waals surface area (Å²) < 4.78 is 37.8. The third-order valence-electron chi connectivity index (χ3n) is 5.00. The van der Waals surface area contributed by atoms with E-state index in [1.54, 1.807) is 24.3 Å². The lowest BCUT2D eigenvalue weighted by Gasteiger charge is -2.15. The zero-order valence-electron chi connectivity index (χ0n) is 18.0. The summed E-state index contributed by atoms with van der Waals surface area (Å²) in [6, 6.07) is 13.4. The highest BCUT2D eigenvalue weighted by Crippen LogP contribution is 2.22. The number of anilines is 1. The minimum absolute atomic E-state index is 0.151. The van der Waals surface area contributed by atoms with Gasteiger partial charge in [-0.2, -0.15) is 4.31 Å². The lowest BCUT2D eigenvalue weighted by molar-refractivity contribution is -0.118. The Hall–Kier alpha value is -2.58. The summed E-state index contributed by atoms with van der Waals surface area (Å²) in [7, 11) is -3.46. The second-order valence-corrected chi connectivity index (χ2v) is 9.91. The van der Waals surface area contributed by atoms with Crippen LogP contribution in [0.1, 0.15) is 33.1 Å². The second-order valence-electron chi connectivity index (χ2n) is 7.97. The third-order valence-corrected chi connectivity index (χ3v) is 6.91. The van der Waals surface area contributed by atoms with Crippen molar-refractivity contribution < 1.29 is 22.7 Å². The van der Waals surface area contributed by atoms with Crippen LogP contribution in [0.3, 0.4) is 0 Å². The van der Waals surface area contributed by atoms with Crippen molar-refractivity contribution in [1.29, 1.82) is 0 Å². The topological polar surface area (TPSA) is 84.9 Å². The number of ether oxygens (including phenoxy) is 2. The average molecular weight is 447 g/mol. The van der Waals surface area contributed by atoms with Gasteiger partial charge in [0.2, 0.25) is 10.0 Å². The van der Waals surface area contributed by atoms with E-state index in [1.807, 2.05) is 12.1 Å². The Bertz CT molecular complexity index is 950. The van der Waals surface area contributed by atoms with Crippen LogP contribution < -0.4 is 14.8 Å². The molecular weight excluding hydrogens is 416 g/mol. The highest BCUT2D eigenvalue weighted by Gasteiger charge is 2.26. The van der Waals surface area contributed by atoms with Gasteiger partial charge in [-0.3, -0.25) is 4.79 Å². The molecule has 0 unspecified atom stereocenters. The second kappa shape index (κ2) is 10.6. The highest BCUT2D eigenvalue weighted by molar-refractivity contribution is 7.89. The molecule has 1 heterocycles. The van der Waals surface area contributed by atoms with Crippen molar-refractivity contribution >= 4 is 21.6 Å². The van der Waals surface area contributed by atoms with E-state index in [4.69, 9.17) is 9.47 Å². The van der Waals surface area contributed by atoms with Crippen LogP contribution in [0.15, 0.2) is 53.4 Å². The summed E-state index contributed by atoms with van der Waals surface area (Å²) >= 11 is 0. The van der Waals surface area contributed by atoms with Crippen molar-refractivity contribution in [1.82, 2.24) is 4.31 Å². The van der Waals surface area contributed by atoms with Gasteiger partial charge in [-0.25, -0.2) is 8.42 Å². The Morgan fingerprint density at radius 1 is 0.968 bits per heavy atom. The maximum absolute atomic E-state index is 12.5. The maximum atomic E-state index is 12.5. The molecule has 168 valence electrons. The lowest BCUT2D eigenvalue weighted by Crippen LogP contribution is -2.27. The largest absolute Gasteiger partial charge is 0.494 e. The molecule has 8 heteroatoms. The maximum Gasteiger partial charge on any atom is 0.262 e. The number of nitrogens with one attached hydrogen (secondary N) is 1. The Kier molecular flexibility index (Phi) is 7.92. The van der Waals surface area contributed by atoms with Crippen LogP contribution in [0.5, 0.6) is 11.5 Å². The summed E-state index contributed by atoms with van der Waals surface area (Å²) in [4.78, 5) is 12.4. The Labute approximate surface area is 184 Å². The molecule has 0 aliphatic carbocycles. The van der Waals surface area contributed by atoms with Gasteiger partial charge < -0.3 is 14.8 Å². The highest BCUT2D eigenvalue weighted by atomic mass is 32.2. The van der Waals surface area contributed by atoms with Gasteiger partial charge in [0.25, 0.3) is 5.91 Å². The van der Waals surface area contributed by atoms with Gasteiger partial charge in [-0.05, 0) is 73.7 Å². The number of hydrogen-bond acceptors (Lipinski definition) is 5. The fourth-order valence-corrected chi connectivity index (χ4v) is 4.70. The molecule has 31 heavy (non-hydrogen) atoms. The van der Waals surface area contributed by atoms with E-state index in [1.165, 1.54) is 16.4 Å². The first-order valence-electron chi connectivity index (χ1n) is 10.6. The summed E-state index contributed by atoms with van der Waals surface area (Å²) in [5, 5.41) is 2.71. The number of benzene rings is 2. The van der Waals surface area contributed by atoms with Crippen molar-refractivity contribution in [2.75, 3.05) is 31.6 Å². The van der Waals surface area contributed by atoms with Crippen LogP contribution >= 0.6 is 0 Å². The summed E-state index contributed by atoms with van der Waals surface area (Å²) in [5.41, 5.74) is 0.517. The number of carbonyl (C=O) groups is 1. The molecule has 1 N–H and O–H groups in total. The number of carbonyl (C=O) groups excluding carboxylic acids is 1. The van der Waals surface area contributed by atoms with E-state index < -0.39 is 10.0 Å². The van der Waals surface area contributed by atoms with Crippen LogP contribution in [-0.2, 0) is 14.8 Å². The van der Waals surface area contributed by atoms with Gasteiger partial charge in [0.1, 0.15) is 11.5 Å². The molecule has 1 amide bonds. The average Bonchev–Trinajstić information content (AvgIpc) is 3.29. The molecule has 1 aliphatic heterocycles. The first-order valence-corrected chi connectivity index (χ1v) is 12.0. The van der Waals surface area contributed by atoms with Crippen LogP contribution in [0.25, 0.3) is 0 Å². The normalized spacial score (nSPS) is 14.5. The van der Waals surface area contributed by atoms with Crippen molar-refractivity contribution in [2.45, 2.75) is 38.0 Å². The molecule has 1 aliphatic rings. The molecule has 3 rings (SSSR count). The summed E-state index contributed by atoms with van der Waals surface area (Å²) in [6.45, 7) is 5.93. The molecule has 1 saturated heterocycles. The van der Waals surface area contributed by atoms with Crippen LogP contribution in [0.4, 0.5) is 5.69 Å². The predicted molar refractivity (Wildman–Crippen MR) is 120 cm³/mol.